The molecule has 6 heteroatoms. The van der Waals surface area contributed by atoms with E-state index in [0.29, 0.717) is 5.69 Å². The van der Waals surface area contributed by atoms with E-state index in [4.69, 9.17) is 0 Å². The number of nitrogens with one attached hydrogen (secondary N) is 1. The lowest BCUT2D eigenvalue weighted by molar-refractivity contribution is 0.146. The van der Waals surface area contributed by atoms with Crippen molar-refractivity contribution >= 4 is 5.65 Å². The second-order valence-corrected chi connectivity index (χ2v) is 2.95. The summed E-state index contributed by atoms with van der Waals surface area (Å²) in [5.74, 6) is 0. The zero-order valence-electron chi connectivity index (χ0n) is 7.29. The maximum atomic E-state index is 12.3. The van der Waals surface area contributed by atoms with Gasteiger partial charge in [0.1, 0.15) is 5.69 Å². The van der Waals surface area contributed by atoms with Crippen molar-refractivity contribution in [2.75, 3.05) is 0 Å². The van der Waals surface area contributed by atoms with Crippen LogP contribution < -0.4 is 5.56 Å². The molecule has 0 bridgehead atoms. The van der Waals surface area contributed by atoms with Crippen molar-refractivity contribution in [3.63, 3.8) is 0 Å². The van der Waals surface area contributed by atoms with Crippen LogP contribution in [0, 0.1) is 6.92 Å². The van der Waals surface area contributed by atoms with Crippen molar-refractivity contribution in [1.82, 2.24) is 14.6 Å². The Morgan fingerprint density at radius 3 is 2.86 bits per heavy atom. The van der Waals surface area contributed by atoms with E-state index in [9.17, 15) is 13.6 Å². The highest BCUT2D eigenvalue weighted by Crippen LogP contribution is 2.14. The zero-order chi connectivity index (χ0) is 10.3. The number of H-pyrrole nitrogens is 1. The second-order valence-electron chi connectivity index (χ2n) is 2.95. The minimum absolute atomic E-state index is 0.213. The van der Waals surface area contributed by atoms with Crippen LogP contribution in [0.5, 0.6) is 0 Å². The van der Waals surface area contributed by atoms with Gasteiger partial charge in [-0.05, 0) is 6.92 Å². The first-order chi connectivity index (χ1) is 6.58. The lowest BCUT2D eigenvalue weighted by Gasteiger charge is -1.97. The number of rotatable bonds is 1. The molecule has 0 unspecified atom stereocenters. The molecule has 4 nitrogen and oxygen atoms in total. The molecule has 0 aliphatic rings. The largest absolute Gasteiger partial charge is 0.294 e. The van der Waals surface area contributed by atoms with Gasteiger partial charge in [0.15, 0.2) is 5.65 Å². The Morgan fingerprint density at radius 2 is 2.21 bits per heavy atom. The molecular formula is C8H7F2N3O. The number of aryl methyl sites for hydroxylation is 1. The van der Waals surface area contributed by atoms with Gasteiger partial charge in [-0.25, -0.2) is 18.3 Å². The summed E-state index contributed by atoms with van der Waals surface area (Å²) >= 11 is 0. The molecule has 2 heterocycles. The molecule has 0 amide bonds. The lowest BCUT2D eigenvalue weighted by atomic mass is 10.4. The Bertz CT molecular complexity index is 529. The van der Waals surface area contributed by atoms with Gasteiger partial charge < -0.3 is 0 Å². The van der Waals surface area contributed by atoms with Gasteiger partial charge in [0.2, 0.25) is 0 Å². The van der Waals surface area contributed by atoms with Gasteiger partial charge in [-0.3, -0.25) is 9.89 Å². The van der Waals surface area contributed by atoms with Gasteiger partial charge >= 0.3 is 0 Å². The van der Waals surface area contributed by atoms with E-state index >= 15 is 0 Å². The van der Waals surface area contributed by atoms with Gasteiger partial charge in [-0.15, -0.1) is 0 Å². The summed E-state index contributed by atoms with van der Waals surface area (Å²) in [5, 5.41) is 2.69. The molecule has 0 aliphatic heterocycles. The normalized spacial score (nSPS) is 11.4. The molecule has 0 saturated heterocycles. The number of alkyl halides is 2. The van der Waals surface area contributed by atoms with Crippen LogP contribution in [0.15, 0.2) is 16.9 Å². The van der Waals surface area contributed by atoms with Crippen molar-refractivity contribution in [2.24, 2.45) is 0 Å². The molecule has 74 valence electrons. The summed E-state index contributed by atoms with van der Waals surface area (Å²) in [6, 6.07) is 2.36. The third-order valence-corrected chi connectivity index (χ3v) is 1.82. The number of halogens is 2. The van der Waals surface area contributed by atoms with Crippen LogP contribution in [0.2, 0.25) is 0 Å². The van der Waals surface area contributed by atoms with Crippen LogP contribution in [-0.2, 0) is 0 Å². The molecule has 0 atom stereocenters. The molecule has 2 aromatic rings. The monoisotopic (exact) mass is 199 g/mol. The molecule has 0 radical (unpaired) electrons. The van der Waals surface area contributed by atoms with Crippen LogP contribution >= 0.6 is 0 Å². The smallest absolute Gasteiger partial charge is 0.280 e. The Balaban J connectivity index is 2.78. The summed E-state index contributed by atoms with van der Waals surface area (Å²) in [6.07, 6.45) is -2.72. The van der Waals surface area contributed by atoms with E-state index in [2.05, 4.69) is 10.1 Å². The van der Waals surface area contributed by atoms with Gasteiger partial charge in [-0.2, -0.15) is 0 Å². The van der Waals surface area contributed by atoms with Crippen LogP contribution in [0.25, 0.3) is 5.65 Å². The van der Waals surface area contributed by atoms with Crippen LogP contribution in [0.4, 0.5) is 8.78 Å². The fourth-order valence-corrected chi connectivity index (χ4v) is 1.24. The lowest BCUT2D eigenvalue weighted by Crippen LogP contribution is -2.15. The average molecular weight is 199 g/mol. The van der Waals surface area contributed by atoms with Crippen molar-refractivity contribution in [1.29, 1.82) is 0 Å². The highest BCUT2D eigenvalue weighted by atomic mass is 19.3. The van der Waals surface area contributed by atoms with Gasteiger partial charge in [0.25, 0.3) is 12.0 Å². The SMILES string of the molecule is Cc1cc2nc(C(F)F)cc(=O)n2[nH]1. The Morgan fingerprint density at radius 1 is 1.50 bits per heavy atom. The maximum Gasteiger partial charge on any atom is 0.280 e. The van der Waals surface area contributed by atoms with E-state index in [1.165, 1.54) is 6.07 Å². The van der Waals surface area contributed by atoms with Gasteiger partial charge in [0.05, 0.1) is 0 Å². The molecule has 0 aliphatic carbocycles. The predicted octanol–water partition coefficient (Wildman–Crippen LogP) is 1.27. The summed E-state index contributed by atoms with van der Waals surface area (Å²) in [6.45, 7) is 1.72. The van der Waals surface area contributed by atoms with Crippen LogP contribution in [0.1, 0.15) is 17.8 Å². The van der Waals surface area contributed by atoms with Gasteiger partial charge in [0, 0.05) is 17.8 Å². The van der Waals surface area contributed by atoms with Crippen LogP contribution in [-0.4, -0.2) is 14.6 Å². The van der Waals surface area contributed by atoms with Crippen molar-refractivity contribution in [3.8, 4) is 0 Å². The van der Waals surface area contributed by atoms with Gasteiger partial charge in [-0.1, -0.05) is 0 Å². The highest BCUT2D eigenvalue weighted by molar-refractivity contribution is 5.39. The number of hydrogen-bond acceptors (Lipinski definition) is 2. The summed E-state index contributed by atoms with van der Waals surface area (Å²) in [7, 11) is 0. The molecule has 0 fully saturated rings. The third kappa shape index (κ3) is 1.28. The van der Waals surface area contributed by atoms with Crippen molar-refractivity contribution in [2.45, 2.75) is 13.3 Å². The molecule has 0 saturated carbocycles. The zero-order valence-corrected chi connectivity index (χ0v) is 7.29. The first-order valence-corrected chi connectivity index (χ1v) is 3.95. The molecular weight excluding hydrogens is 192 g/mol. The highest BCUT2D eigenvalue weighted by Gasteiger charge is 2.12. The van der Waals surface area contributed by atoms with E-state index in [-0.39, 0.29) is 5.65 Å². The Kier molecular flexibility index (Phi) is 1.83. The molecule has 1 N–H and O–H groups in total. The molecule has 14 heavy (non-hydrogen) atoms. The fourth-order valence-electron chi connectivity index (χ4n) is 1.24. The molecule has 0 spiro atoms. The van der Waals surface area contributed by atoms with Crippen molar-refractivity contribution in [3.05, 3.63) is 33.9 Å². The number of hydrogen-bond donors (Lipinski definition) is 1. The predicted molar refractivity (Wildman–Crippen MR) is 45.5 cm³/mol. The minimum Gasteiger partial charge on any atom is -0.294 e. The summed E-state index contributed by atoms with van der Waals surface area (Å²) in [5.41, 5.74) is -0.112. The van der Waals surface area contributed by atoms with Crippen molar-refractivity contribution < 1.29 is 8.78 Å². The Labute approximate surface area is 77.2 Å². The first-order valence-electron chi connectivity index (χ1n) is 3.95. The van der Waals surface area contributed by atoms with Crippen LogP contribution in [0.3, 0.4) is 0 Å². The average Bonchev–Trinajstić information content (AvgIpc) is 2.45. The summed E-state index contributed by atoms with van der Waals surface area (Å²) < 4.78 is 25.6. The number of aromatic amines is 1. The standard InChI is InChI=1S/C8H7F2N3O/c1-4-2-6-11-5(8(9)10)3-7(14)13(6)12-4/h2-3,8,12H,1H3. The maximum absolute atomic E-state index is 12.3. The number of aromatic nitrogens is 3. The first kappa shape index (κ1) is 8.86. The van der Waals surface area contributed by atoms with E-state index < -0.39 is 17.7 Å². The molecule has 2 rings (SSSR count). The summed E-state index contributed by atoms with van der Waals surface area (Å²) in [4.78, 5) is 14.9. The fraction of sp³-hybridized carbons (Fsp3) is 0.250. The minimum atomic E-state index is -2.72. The molecule has 2 aromatic heterocycles. The Hall–Kier alpha value is -1.72. The molecule has 0 aromatic carbocycles. The second kappa shape index (κ2) is 2.90. The number of nitrogens with zero attached hydrogens (tertiary/aromatic N) is 2. The number of fused-ring (bicyclic) bond motifs is 1. The third-order valence-electron chi connectivity index (χ3n) is 1.82. The van der Waals surface area contributed by atoms with E-state index in [1.54, 1.807) is 6.92 Å². The quantitative estimate of drug-likeness (QED) is 0.751. The van der Waals surface area contributed by atoms with E-state index in [0.717, 1.165) is 10.6 Å². The van der Waals surface area contributed by atoms with E-state index in [1.807, 2.05) is 0 Å². The topological polar surface area (TPSA) is 50.2 Å².